The van der Waals surface area contributed by atoms with Gasteiger partial charge in [-0.05, 0) is 44.4 Å². The first-order valence-electron chi connectivity index (χ1n) is 9.38. The Bertz CT molecular complexity index is 1030. The van der Waals surface area contributed by atoms with Crippen molar-refractivity contribution < 1.29 is 19.0 Å². The Morgan fingerprint density at radius 1 is 1.03 bits per heavy atom. The number of benzene rings is 2. The number of fused-ring (bicyclic) bond motifs is 1. The molecule has 1 aromatic heterocycles. The minimum Gasteiger partial charge on any atom is -0.495 e. The molecule has 0 bridgehead atoms. The molecule has 0 aliphatic carbocycles. The lowest BCUT2D eigenvalue weighted by Gasteiger charge is -2.22. The topological polar surface area (TPSA) is 64.1 Å². The molecule has 1 amide bonds. The Hall–Kier alpha value is -2.26. The zero-order valence-corrected chi connectivity index (χ0v) is 20.0. The van der Waals surface area contributed by atoms with Crippen LogP contribution in [-0.4, -0.2) is 63.8 Å². The van der Waals surface area contributed by atoms with Crippen LogP contribution in [0.3, 0.4) is 0 Å². The minimum absolute atomic E-state index is 0.195. The molecule has 0 saturated heterocycles. The summed E-state index contributed by atoms with van der Waals surface area (Å²) in [7, 11) is 7.06. The van der Waals surface area contributed by atoms with Crippen molar-refractivity contribution in [1.29, 1.82) is 0 Å². The van der Waals surface area contributed by atoms with Gasteiger partial charge in [-0.15, -0.1) is 0 Å². The second-order valence-corrected chi connectivity index (χ2v) is 8.68. The van der Waals surface area contributed by atoms with Gasteiger partial charge in [0.15, 0.2) is 11.7 Å². The molecular weight excluding hydrogens is 461 g/mol. The van der Waals surface area contributed by atoms with Crippen LogP contribution >= 0.6 is 34.5 Å². The van der Waals surface area contributed by atoms with Crippen LogP contribution in [0.2, 0.25) is 10.0 Å². The van der Waals surface area contributed by atoms with Gasteiger partial charge in [0.2, 0.25) is 0 Å². The van der Waals surface area contributed by atoms with Gasteiger partial charge in [0, 0.05) is 18.1 Å². The van der Waals surface area contributed by atoms with Gasteiger partial charge in [0.25, 0.3) is 5.91 Å². The summed E-state index contributed by atoms with van der Waals surface area (Å²) in [6.07, 6.45) is 0. The highest BCUT2D eigenvalue weighted by Gasteiger charge is 2.23. The van der Waals surface area contributed by atoms with Gasteiger partial charge in [-0.3, -0.25) is 9.69 Å². The molecule has 3 aromatic rings. The van der Waals surface area contributed by atoms with Crippen molar-refractivity contribution in [2.45, 2.75) is 0 Å². The number of thiazole rings is 1. The summed E-state index contributed by atoms with van der Waals surface area (Å²) < 4.78 is 17.4. The Balaban J connectivity index is 1.90. The number of methoxy groups -OCH3 is 2. The number of carbonyl (C=O) groups excluding carboxylic acids is 1. The molecule has 0 atom stereocenters. The fourth-order valence-electron chi connectivity index (χ4n) is 2.83. The maximum absolute atomic E-state index is 13.1. The third-order valence-corrected chi connectivity index (χ3v) is 6.07. The van der Waals surface area contributed by atoms with Crippen LogP contribution in [0.15, 0.2) is 30.3 Å². The van der Waals surface area contributed by atoms with Crippen molar-refractivity contribution in [3.63, 3.8) is 0 Å². The summed E-state index contributed by atoms with van der Waals surface area (Å²) >= 11 is 13.4. The number of nitrogens with zero attached hydrogens (tertiary/aromatic N) is 3. The lowest BCUT2D eigenvalue weighted by Crippen LogP contribution is -2.39. The number of carbonyl (C=O) groups is 1. The van der Waals surface area contributed by atoms with Gasteiger partial charge in [-0.2, -0.15) is 0 Å². The molecule has 0 spiro atoms. The Kier molecular flexibility index (Phi) is 7.83. The second kappa shape index (κ2) is 10.4. The molecule has 3 rings (SSSR count). The smallest absolute Gasteiger partial charge is 0.266 e. The first kappa shape index (κ1) is 23.4. The first-order chi connectivity index (χ1) is 14.8. The molecule has 0 unspecified atom stereocenters. The monoisotopic (exact) mass is 483 g/mol. The van der Waals surface area contributed by atoms with Crippen LogP contribution in [-0.2, 0) is 4.79 Å². The van der Waals surface area contributed by atoms with Crippen LogP contribution in [0.5, 0.6) is 17.2 Å². The highest BCUT2D eigenvalue weighted by atomic mass is 35.5. The zero-order valence-electron chi connectivity index (χ0n) is 17.6. The first-order valence-corrected chi connectivity index (χ1v) is 11.0. The SMILES string of the molecule is COc1ccc(OC)c2sc(N(CCN(C)C)C(=O)COc3ccc(Cl)cc3Cl)nc12. The van der Waals surface area contributed by atoms with Gasteiger partial charge in [-0.25, -0.2) is 4.98 Å². The van der Waals surface area contributed by atoms with Crippen LogP contribution < -0.4 is 19.1 Å². The molecule has 0 N–H and O–H groups in total. The molecule has 0 aliphatic heterocycles. The normalized spacial score (nSPS) is 11.1. The molecule has 2 aromatic carbocycles. The highest BCUT2D eigenvalue weighted by Crippen LogP contribution is 2.40. The molecule has 0 saturated carbocycles. The summed E-state index contributed by atoms with van der Waals surface area (Å²) in [6.45, 7) is 0.893. The lowest BCUT2D eigenvalue weighted by molar-refractivity contribution is -0.120. The molecule has 1 heterocycles. The molecule has 10 heteroatoms. The summed E-state index contributed by atoms with van der Waals surface area (Å²) in [5.74, 6) is 1.43. The van der Waals surface area contributed by atoms with E-state index in [2.05, 4.69) is 4.98 Å². The fourth-order valence-corrected chi connectivity index (χ4v) is 4.41. The van der Waals surface area contributed by atoms with Crippen molar-refractivity contribution in [1.82, 2.24) is 9.88 Å². The van der Waals surface area contributed by atoms with Crippen LogP contribution in [0.25, 0.3) is 10.2 Å². The van der Waals surface area contributed by atoms with Gasteiger partial charge in [0.05, 0.1) is 19.2 Å². The standard InChI is InChI=1S/C21H23Cl2N3O4S/c1-25(2)9-10-26(18(27)12-30-15-6-5-13(22)11-14(15)23)21-24-19-16(28-3)7-8-17(29-4)20(19)31-21/h5-8,11H,9-10,12H2,1-4H3. The van der Waals surface area contributed by atoms with Crippen molar-refractivity contribution in [2.24, 2.45) is 0 Å². The summed E-state index contributed by atoms with van der Waals surface area (Å²) in [5.41, 5.74) is 0.645. The summed E-state index contributed by atoms with van der Waals surface area (Å²) in [4.78, 5) is 21.4. The fraction of sp³-hybridized carbons (Fsp3) is 0.333. The number of rotatable bonds is 9. The van der Waals surface area contributed by atoms with E-state index in [-0.39, 0.29) is 12.5 Å². The number of anilines is 1. The van der Waals surface area contributed by atoms with Gasteiger partial charge in [0.1, 0.15) is 27.5 Å². The largest absolute Gasteiger partial charge is 0.495 e. The molecular formula is C21H23Cl2N3O4S. The maximum atomic E-state index is 13.1. The number of hydrogen-bond acceptors (Lipinski definition) is 7. The number of likely N-dealkylation sites (N-methyl/N-ethyl adjacent to an activating group) is 1. The average molecular weight is 484 g/mol. The molecule has 7 nitrogen and oxygen atoms in total. The van der Waals surface area contributed by atoms with Crippen LogP contribution in [0, 0.1) is 0 Å². The Morgan fingerprint density at radius 2 is 1.71 bits per heavy atom. The molecule has 0 aliphatic rings. The predicted molar refractivity (Wildman–Crippen MR) is 126 cm³/mol. The summed E-state index contributed by atoms with van der Waals surface area (Å²) in [5, 5.41) is 1.37. The van der Waals surface area contributed by atoms with Gasteiger partial charge in [-0.1, -0.05) is 34.5 Å². The number of halogens is 2. The number of hydrogen-bond donors (Lipinski definition) is 0. The minimum atomic E-state index is -0.246. The van der Waals surface area contributed by atoms with Crippen LogP contribution in [0.1, 0.15) is 0 Å². The second-order valence-electron chi connectivity index (χ2n) is 6.86. The summed E-state index contributed by atoms with van der Waals surface area (Å²) in [6, 6.07) is 8.47. The zero-order chi connectivity index (χ0) is 22.5. The van der Waals surface area contributed by atoms with Crippen molar-refractivity contribution in [3.05, 3.63) is 40.4 Å². The highest BCUT2D eigenvalue weighted by molar-refractivity contribution is 7.22. The number of aromatic nitrogens is 1. The molecule has 166 valence electrons. The molecule has 31 heavy (non-hydrogen) atoms. The Morgan fingerprint density at radius 3 is 2.35 bits per heavy atom. The van der Waals surface area contributed by atoms with Gasteiger partial charge < -0.3 is 19.1 Å². The maximum Gasteiger partial charge on any atom is 0.266 e. The quantitative estimate of drug-likeness (QED) is 0.443. The van der Waals surface area contributed by atoms with E-state index in [1.165, 1.54) is 11.3 Å². The van der Waals surface area contributed by atoms with Crippen molar-refractivity contribution >= 4 is 55.8 Å². The number of amides is 1. The van der Waals surface area contributed by atoms with E-state index < -0.39 is 0 Å². The van der Waals surface area contributed by atoms with E-state index in [0.29, 0.717) is 51.0 Å². The number of ether oxygens (including phenoxy) is 3. The van der Waals surface area contributed by atoms with Gasteiger partial charge >= 0.3 is 0 Å². The van der Waals surface area contributed by atoms with E-state index in [1.54, 1.807) is 43.4 Å². The third kappa shape index (κ3) is 5.51. The third-order valence-electron chi connectivity index (χ3n) is 4.45. The van der Waals surface area contributed by atoms with E-state index in [1.807, 2.05) is 25.1 Å². The predicted octanol–water partition coefficient (Wildman–Crippen LogP) is 4.59. The molecule has 0 fully saturated rings. The Labute approximate surface area is 195 Å². The van der Waals surface area contributed by atoms with Crippen LogP contribution in [0.4, 0.5) is 5.13 Å². The van der Waals surface area contributed by atoms with E-state index >= 15 is 0 Å². The van der Waals surface area contributed by atoms with E-state index in [9.17, 15) is 4.79 Å². The lowest BCUT2D eigenvalue weighted by atomic mass is 10.3. The van der Waals surface area contributed by atoms with Crippen molar-refractivity contribution in [2.75, 3.05) is 52.9 Å². The molecule has 0 radical (unpaired) electrons. The van der Waals surface area contributed by atoms with E-state index in [0.717, 1.165) is 4.70 Å². The van der Waals surface area contributed by atoms with E-state index in [4.69, 9.17) is 37.4 Å². The van der Waals surface area contributed by atoms with Crippen molar-refractivity contribution in [3.8, 4) is 17.2 Å². The average Bonchev–Trinajstić information content (AvgIpc) is 3.17.